The molecular formula is C25H26FN3O4. The predicted molar refractivity (Wildman–Crippen MR) is 121 cm³/mol. The van der Waals surface area contributed by atoms with Crippen LogP contribution >= 0.6 is 0 Å². The van der Waals surface area contributed by atoms with E-state index in [1.807, 2.05) is 0 Å². The van der Waals surface area contributed by atoms with Gasteiger partial charge >= 0.3 is 5.97 Å². The number of ketones is 1. The third-order valence-corrected chi connectivity index (χ3v) is 5.86. The van der Waals surface area contributed by atoms with Crippen LogP contribution in [-0.4, -0.2) is 45.3 Å². The van der Waals surface area contributed by atoms with Gasteiger partial charge in [-0.2, -0.15) is 0 Å². The van der Waals surface area contributed by atoms with E-state index >= 15 is 0 Å². The van der Waals surface area contributed by atoms with Gasteiger partial charge in [0.05, 0.1) is 13.2 Å². The SMILES string of the molecule is COC(=O)c1c(C)c(C(=O)C(C)N(Cc2ccncc2)C(=O)c2ccc(F)cc2)c(C)n1C. The van der Waals surface area contributed by atoms with Crippen molar-refractivity contribution >= 4 is 17.7 Å². The van der Waals surface area contributed by atoms with Crippen LogP contribution in [0.1, 0.15) is 54.9 Å². The van der Waals surface area contributed by atoms with Crippen LogP contribution in [0, 0.1) is 19.7 Å². The van der Waals surface area contributed by atoms with Crippen LogP contribution in [0.15, 0.2) is 48.8 Å². The van der Waals surface area contributed by atoms with Gasteiger partial charge in [-0.3, -0.25) is 14.6 Å². The van der Waals surface area contributed by atoms with Crippen molar-refractivity contribution in [2.75, 3.05) is 7.11 Å². The van der Waals surface area contributed by atoms with Crippen LogP contribution in [-0.2, 0) is 18.3 Å². The van der Waals surface area contributed by atoms with Gasteiger partial charge in [-0.25, -0.2) is 9.18 Å². The van der Waals surface area contributed by atoms with Crippen LogP contribution in [0.4, 0.5) is 4.39 Å². The smallest absolute Gasteiger partial charge is 0.354 e. The minimum Gasteiger partial charge on any atom is -0.464 e. The summed E-state index contributed by atoms with van der Waals surface area (Å²) in [6.07, 6.45) is 3.22. The van der Waals surface area contributed by atoms with Crippen LogP contribution in [0.2, 0.25) is 0 Å². The molecule has 2 aromatic heterocycles. The topological polar surface area (TPSA) is 81.5 Å². The standard InChI is InChI=1S/C25H26FN3O4/c1-15-21(16(2)28(4)22(15)25(32)33-5)23(30)17(3)29(14-18-10-12-27-13-11-18)24(31)19-6-8-20(26)9-7-19/h6-13,17H,14H2,1-5H3. The number of pyridine rings is 1. The van der Waals surface area contributed by atoms with E-state index in [1.54, 1.807) is 56.9 Å². The molecule has 8 heteroatoms. The molecule has 0 N–H and O–H groups in total. The van der Waals surface area contributed by atoms with Crippen molar-refractivity contribution in [2.24, 2.45) is 7.05 Å². The first-order valence-electron chi connectivity index (χ1n) is 10.4. The molecule has 0 aliphatic rings. The molecule has 0 aliphatic carbocycles. The Kier molecular flexibility index (Phi) is 7.06. The van der Waals surface area contributed by atoms with Gasteiger partial charge < -0.3 is 14.2 Å². The molecule has 0 fully saturated rings. The fourth-order valence-corrected chi connectivity index (χ4v) is 3.90. The number of amides is 1. The molecule has 2 heterocycles. The normalized spacial score (nSPS) is 11.7. The third-order valence-electron chi connectivity index (χ3n) is 5.86. The number of esters is 1. The molecule has 172 valence electrons. The third kappa shape index (κ3) is 4.69. The summed E-state index contributed by atoms with van der Waals surface area (Å²) < 4.78 is 19.9. The quantitative estimate of drug-likeness (QED) is 0.402. The number of hydrogen-bond acceptors (Lipinski definition) is 5. The van der Waals surface area contributed by atoms with Crippen LogP contribution in [0.25, 0.3) is 0 Å². The summed E-state index contributed by atoms with van der Waals surface area (Å²) in [5.41, 5.74) is 2.81. The van der Waals surface area contributed by atoms with Crippen molar-refractivity contribution in [3.8, 4) is 0 Å². The molecule has 3 rings (SSSR count). The Morgan fingerprint density at radius 3 is 2.27 bits per heavy atom. The van der Waals surface area contributed by atoms with E-state index in [-0.39, 0.29) is 23.6 Å². The van der Waals surface area contributed by atoms with Gasteiger partial charge in [0, 0.05) is 42.8 Å². The summed E-state index contributed by atoms with van der Waals surface area (Å²) in [6.45, 7) is 5.23. The summed E-state index contributed by atoms with van der Waals surface area (Å²) in [5.74, 6) is -1.71. The lowest BCUT2D eigenvalue weighted by Gasteiger charge is -2.29. The van der Waals surface area contributed by atoms with E-state index < -0.39 is 23.7 Å². The van der Waals surface area contributed by atoms with E-state index in [0.717, 1.165) is 5.56 Å². The second kappa shape index (κ2) is 9.77. The molecule has 0 radical (unpaired) electrons. The minimum atomic E-state index is -0.860. The van der Waals surface area contributed by atoms with Crippen LogP contribution < -0.4 is 0 Å². The first-order valence-corrected chi connectivity index (χ1v) is 10.4. The zero-order valence-corrected chi connectivity index (χ0v) is 19.3. The molecule has 1 unspecified atom stereocenters. The Bertz CT molecular complexity index is 1190. The Morgan fingerprint density at radius 2 is 1.70 bits per heavy atom. The van der Waals surface area contributed by atoms with E-state index in [9.17, 15) is 18.8 Å². The lowest BCUT2D eigenvalue weighted by atomic mass is 9.98. The molecule has 3 aromatic rings. The Balaban J connectivity index is 2.03. The molecule has 0 saturated carbocycles. The number of ether oxygens (including phenoxy) is 1. The highest BCUT2D eigenvalue weighted by Crippen LogP contribution is 2.26. The van der Waals surface area contributed by atoms with Crippen molar-refractivity contribution in [2.45, 2.75) is 33.4 Å². The second-order valence-electron chi connectivity index (χ2n) is 7.82. The molecule has 1 aromatic carbocycles. The fraction of sp³-hybridized carbons (Fsp3) is 0.280. The van der Waals surface area contributed by atoms with E-state index in [2.05, 4.69) is 4.98 Å². The zero-order chi connectivity index (χ0) is 24.3. The lowest BCUT2D eigenvalue weighted by Crippen LogP contribution is -2.43. The monoisotopic (exact) mass is 451 g/mol. The Hall–Kier alpha value is -3.81. The summed E-state index contributed by atoms with van der Waals surface area (Å²) in [7, 11) is 2.97. The number of halogens is 1. The molecule has 0 aliphatic heterocycles. The molecule has 33 heavy (non-hydrogen) atoms. The summed E-state index contributed by atoms with van der Waals surface area (Å²) >= 11 is 0. The van der Waals surface area contributed by atoms with Gasteiger partial charge in [0.1, 0.15) is 11.5 Å². The molecule has 0 saturated heterocycles. The first-order chi connectivity index (χ1) is 15.7. The second-order valence-corrected chi connectivity index (χ2v) is 7.82. The highest BCUT2D eigenvalue weighted by Gasteiger charge is 2.33. The molecule has 1 atom stereocenters. The van der Waals surface area contributed by atoms with Gasteiger partial charge in [0.15, 0.2) is 5.78 Å². The van der Waals surface area contributed by atoms with Crippen molar-refractivity contribution < 1.29 is 23.5 Å². The number of hydrogen-bond donors (Lipinski definition) is 0. The van der Waals surface area contributed by atoms with Crippen molar-refractivity contribution in [3.63, 3.8) is 0 Å². The Labute approximate surface area is 191 Å². The van der Waals surface area contributed by atoms with Crippen molar-refractivity contribution in [1.82, 2.24) is 14.5 Å². The number of nitrogens with zero attached hydrogens (tertiary/aromatic N) is 3. The van der Waals surface area contributed by atoms with E-state index in [4.69, 9.17) is 4.74 Å². The average Bonchev–Trinajstić information content (AvgIpc) is 3.04. The molecular weight excluding hydrogens is 425 g/mol. The van der Waals surface area contributed by atoms with E-state index in [1.165, 1.54) is 36.3 Å². The maximum atomic E-state index is 13.7. The summed E-state index contributed by atoms with van der Waals surface area (Å²) in [6, 6.07) is 7.86. The lowest BCUT2D eigenvalue weighted by molar-refractivity contribution is 0.0587. The van der Waals surface area contributed by atoms with Crippen LogP contribution in [0.3, 0.4) is 0 Å². The minimum absolute atomic E-state index is 0.153. The molecule has 0 spiro atoms. The first kappa shape index (κ1) is 23.8. The molecule has 1 amide bonds. The van der Waals surface area contributed by atoms with Crippen LogP contribution in [0.5, 0.6) is 0 Å². The average molecular weight is 451 g/mol. The summed E-state index contributed by atoms with van der Waals surface area (Å²) in [5, 5.41) is 0. The van der Waals surface area contributed by atoms with Gasteiger partial charge in [-0.1, -0.05) is 0 Å². The molecule has 0 bridgehead atoms. The number of rotatable bonds is 7. The van der Waals surface area contributed by atoms with Crippen molar-refractivity contribution in [3.05, 3.63) is 88.3 Å². The number of methoxy groups -OCH3 is 1. The number of Topliss-reactive ketones (excluding diaryl/α,β-unsaturated/α-hetero) is 1. The highest BCUT2D eigenvalue weighted by atomic mass is 19.1. The fourth-order valence-electron chi connectivity index (χ4n) is 3.90. The van der Waals surface area contributed by atoms with Crippen molar-refractivity contribution in [1.29, 1.82) is 0 Å². The number of carbonyl (C=O) groups excluding carboxylic acids is 3. The highest BCUT2D eigenvalue weighted by molar-refractivity contribution is 6.07. The number of carbonyl (C=O) groups is 3. The maximum absolute atomic E-state index is 13.7. The van der Waals surface area contributed by atoms with Gasteiger partial charge in [-0.15, -0.1) is 0 Å². The maximum Gasteiger partial charge on any atom is 0.354 e. The van der Waals surface area contributed by atoms with Gasteiger partial charge in [-0.05, 0) is 68.3 Å². The predicted octanol–water partition coefficient (Wildman–Crippen LogP) is 3.88. The van der Waals surface area contributed by atoms with Gasteiger partial charge in [0.25, 0.3) is 5.91 Å². The van der Waals surface area contributed by atoms with E-state index in [0.29, 0.717) is 16.8 Å². The molecule has 7 nitrogen and oxygen atoms in total. The summed E-state index contributed by atoms with van der Waals surface area (Å²) in [4.78, 5) is 44.7. The van der Waals surface area contributed by atoms with Gasteiger partial charge in [0.2, 0.25) is 0 Å². The largest absolute Gasteiger partial charge is 0.464 e. The number of benzene rings is 1. The number of aromatic nitrogens is 2. The Morgan fingerprint density at radius 1 is 1.09 bits per heavy atom. The zero-order valence-electron chi connectivity index (χ0n) is 19.3.